The van der Waals surface area contributed by atoms with E-state index in [4.69, 9.17) is 4.74 Å². The molecule has 0 amide bonds. The van der Waals surface area contributed by atoms with Gasteiger partial charge in [0.05, 0.1) is 18.8 Å². The predicted molar refractivity (Wildman–Crippen MR) is 113 cm³/mol. The van der Waals surface area contributed by atoms with Gasteiger partial charge in [-0.15, -0.1) is 0 Å². The second-order valence-corrected chi connectivity index (χ2v) is 9.85. The van der Waals surface area contributed by atoms with Crippen molar-refractivity contribution in [2.24, 2.45) is 29.6 Å². The van der Waals surface area contributed by atoms with Crippen molar-refractivity contribution in [2.75, 3.05) is 6.61 Å². The lowest BCUT2D eigenvalue weighted by Crippen LogP contribution is -2.26. The molecule has 0 N–H and O–H groups in total. The summed E-state index contributed by atoms with van der Waals surface area (Å²) in [5.41, 5.74) is 0. The molecule has 1 heterocycles. The first-order valence-corrected chi connectivity index (χ1v) is 12.1. The summed E-state index contributed by atoms with van der Waals surface area (Å²) in [4.78, 5) is 0. The van der Waals surface area contributed by atoms with Crippen LogP contribution < -0.4 is 0 Å². The van der Waals surface area contributed by atoms with Gasteiger partial charge in [0.2, 0.25) is 0 Å². The summed E-state index contributed by atoms with van der Waals surface area (Å²) < 4.78 is 56.9. The minimum absolute atomic E-state index is 0.143. The van der Waals surface area contributed by atoms with Gasteiger partial charge in [0.1, 0.15) is 5.83 Å². The number of rotatable bonds is 6. The highest BCUT2D eigenvalue weighted by molar-refractivity contribution is 5.03. The Hall–Kier alpha value is -0.840. The number of alkyl halides is 3. The van der Waals surface area contributed by atoms with Crippen LogP contribution in [0.1, 0.15) is 84.0 Å². The molecule has 5 heteroatoms. The number of ether oxygens (including phenoxy) is 1. The Balaban J connectivity index is 1.36. The quantitative estimate of drug-likeness (QED) is 0.305. The highest BCUT2D eigenvalue weighted by Crippen LogP contribution is 2.43. The van der Waals surface area contributed by atoms with E-state index in [2.05, 4.69) is 19.1 Å². The lowest BCUT2D eigenvalue weighted by Gasteiger charge is -2.37. The third-order valence-corrected chi connectivity index (χ3v) is 7.65. The van der Waals surface area contributed by atoms with E-state index < -0.39 is 17.9 Å². The third kappa shape index (κ3) is 7.39. The van der Waals surface area contributed by atoms with Gasteiger partial charge < -0.3 is 4.74 Å². The minimum Gasteiger partial charge on any atom is -0.374 e. The van der Waals surface area contributed by atoms with Gasteiger partial charge in [-0.2, -0.15) is 13.2 Å². The summed E-state index contributed by atoms with van der Waals surface area (Å²) in [5, 5.41) is 0. The van der Waals surface area contributed by atoms with Crippen molar-refractivity contribution in [3.05, 3.63) is 24.1 Å². The molecular formula is C25H38F4O. The fourth-order valence-electron chi connectivity index (χ4n) is 5.84. The van der Waals surface area contributed by atoms with Crippen LogP contribution in [0.15, 0.2) is 24.1 Å². The molecule has 3 rings (SSSR count). The number of hydrogen-bond donors (Lipinski definition) is 0. The number of hydrogen-bond acceptors (Lipinski definition) is 1. The Morgan fingerprint density at radius 2 is 1.50 bits per heavy atom. The second-order valence-electron chi connectivity index (χ2n) is 9.85. The largest absolute Gasteiger partial charge is 0.412 e. The van der Waals surface area contributed by atoms with Crippen molar-refractivity contribution in [2.45, 2.75) is 96.3 Å². The molecule has 1 nitrogen and oxygen atoms in total. The molecule has 0 aromatic rings. The zero-order chi connectivity index (χ0) is 21.6. The van der Waals surface area contributed by atoms with Crippen LogP contribution in [-0.2, 0) is 4.74 Å². The Morgan fingerprint density at radius 3 is 2.03 bits per heavy atom. The monoisotopic (exact) mass is 430 g/mol. The molecule has 3 fully saturated rings. The van der Waals surface area contributed by atoms with E-state index in [0.717, 1.165) is 31.8 Å². The van der Waals surface area contributed by atoms with E-state index in [-0.39, 0.29) is 12.2 Å². The van der Waals surface area contributed by atoms with E-state index in [1.807, 2.05) is 0 Å². The molecule has 2 unspecified atom stereocenters. The molecule has 30 heavy (non-hydrogen) atoms. The number of allylic oxidation sites excluding steroid dienone is 3. The zero-order valence-electron chi connectivity index (χ0n) is 18.3. The Labute approximate surface area is 179 Å². The standard InChI is InChI=1S/C25H38F4O/c1-2-3-19-7-15-23(30-17-19)14-6-18-4-8-20(9-5-18)21-10-12-22(13-11-21)24(26)16-25(27,28)29/h6,14,16,18-23H,2-5,7-13,15,17H2,1H3. The normalized spacial score (nSPS) is 36.9. The Bertz CT molecular complexity index is 558. The first-order valence-electron chi connectivity index (χ1n) is 12.1. The van der Waals surface area contributed by atoms with Gasteiger partial charge in [-0.05, 0) is 94.3 Å². The molecule has 0 aromatic heterocycles. The highest BCUT2D eigenvalue weighted by atomic mass is 19.4. The van der Waals surface area contributed by atoms with Crippen molar-refractivity contribution < 1.29 is 22.3 Å². The number of halogens is 4. The summed E-state index contributed by atoms with van der Waals surface area (Å²) in [7, 11) is 0. The molecule has 2 atom stereocenters. The third-order valence-electron chi connectivity index (χ3n) is 7.65. The van der Waals surface area contributed by atoms with Crippen LogP contribution in [0.25, 0.3) is 0 Å². The minimum atomic E-state index is -4.55. The Kier molecular flexibility index (Phi) is 8.85. The van der Waals surface area contributed by atoms with Gasteiger partial charge in [0, 0.05) is 5.92 Å². The molecule has 0 aromatic carbocycles. The van der Waals surface area contributed by atoms with E-state index in [1.54, 1.807) is 0 Å². The van der Waals surface area contributed by atoms with Crippen LogP contribution >= 0.6 is 0 Å². The summed E-state index contributed by atoms with van der Waals surface area (Å²) in [5.74, 6) is 1.08. The maximum Gasteiger partial charge on any atom is 0.412 e. The van der Waals surface area contributed by atoms with Gasteiger partial charge in [-0.25, -0.2) is 4.39 Å². The average Bonchev–Trinajstić information content (AvgIpc) is 2.73. The van der Waals surface area contributed by atoms with Crippen LogP contribution in [0.5, 0.6) is 0 Å². The lowest BCUT2D eigenvalue weighted by atomic mass is 9.69. The lowest BCUT2D eigenvalue weighted by molar-refractivity contribution is -0.0821. The summed E-state index contributed by atoms with van der Waals surface area (Å²) >= 11 is 0. The molecule has 0 bridgehead atoms. The van der Waals surface area contributed by atoms with E-state index in [0.29, 0.717) is 30.6 Å². The smallest absolute Gasteiger partial charge is 0.374 e. The van der Waals surface area contributed by atoms with Crippen LogP contribution in [0.2, 0.25) is 0 Å². The fraction of sp³-hybridized carbons (Fsp3) is 0.840. The molecule has 1 aliphatic heterocycles. The fourth-order valence-corrected chi connectivity index (χ4v) is 5.84. The zero-order valence-corrected chi connectivity index (χ0v) is 18.3. The maximum atomic E-state index is 13.8. The molecule has 0 spiro atoms. The summed E-state index contributed by atoms with van der Waals surface area (Å²) in [6.45, 7) is 3.13. The molecule has 0 radical (unpaired) electrons. The van der Waals surface area contributed by atoms with E-state index >= 15 is 0 Å². The van der Waals surface area contributed by atoms with Crippen molar-refractivity contribution in [3.8, 4) is 0 Å². The first kappa shape index (κ1) is 23.8. The summed E-state index contributed by atoms with van der Waals surface area (Å²) in [6.07, 6.45) is 12.8. The van der Waals surface area contributed by atoms with Crippen molar-refractivity contribution in [1.82, 2.24) is 0 Å². The van der Waals surface area contributed by atoms with Gasteiger partial charge >= 0.3 is 6.18 Å². The second kappa shape index (κ2) is 11.2. The maximum absolute atomic E-state index is 13.8. The molecule has 172 valence electrons. The van der Waals surface area contributed by atoms with Gasteiger partial charge in [-0.1, -0.05) is 25.5 Å². The first-order chi connectivity index (χ1) is 14.3. The Morgan fingerprint density at radius 1 is 0.867 bits per heavy atom. The molecule has 3 aliphatic rings. The summed E-state index contributed by atoms with van der Waals surface area (Å²) in [6, 6.07) is 0. The highest BCUT2D eigenvalue weighted by Gasteiger charge is 2.33. The average molecular weight is 431 g/mol. The van der Waals surface area contributed by atoms with Crippen molar-refractivity contribution >= 4 is 0 Å². The molecule has 2 saturated carbocycles. The van der Waals surface area contributed by atoms with Gasteiger partial charge in [0.15, 0.2) is 0 Å². The van der Waals surface area contributed by atoms with Crippen LogP contribution in [0.4, 0.5) is 17.6 Å². The van der Waals surface area contributed by atoms with E-state index in [1.165, 1.54) is 44.9 Å². The van der Waals surface area contributed by atoms with Gasteiger partial charge in [0.25, 0.3) is 0 Å². The van der Waals surface area contributed by atoms with E-state index in [9.17, 15) is 17.6 Å². The van der Waals surface area contributed by atoms with Crippen LogP contribution in [-0.4, -0.2) is 18.9 Å². The molecule has 1 saturated heterocycles. The van der Waals surface area contributed by atoms with Crippen molar-refractivity contribution in [1.29, 1.82) is 0 Å². The van der Waals surface area contributed by atoms with Crippen LogP contribution in [0, 0.1) is 29.6 Å². The molecule has 2 aliphatic carbocycles. The van der Waals surface area contributed by atoms with Gasteiger partial charge in [-0.3, -0.25) is 0 Å². The topological polar surface area (TPSA) is 9.23 Å². The predicted octanol–water partition coefficient (Wildman–Crippen LogP) is 8.17. The van der Waals surface area contributed by atoms with Crippen molar-refractivity contribution in [3.63, 3.8) is 0 Å². The SMILES string of the molecule is CCCC1CCC(C=CC2CCC(C3CCC(C(F)=CC(F)(F)F)CC3)CC2)OC1. The van der Waals surface area contributed by atoms with Crippen LogP contribution in [0.3, 0.4) is 0 Å². The molecular weight excluding hydrogens is 392 g/mol.